The lowest BCUT2D eigenvalue weighted by Crippen LogP contribution is -2.12. The molecule has 0 fully saturated rings. The summed E-state index contributed by atoms with van der Waals surface area (Å²) < 4.78 is 22.1. The van der Waals surface area contributed by atoms with E-state index in [1.807, 2.05) is 5.38 Å². The maximum Gasteiger partial charge on any atom is 0.238 e. The van der Waals surface area contributed by atoms with Gasteiger partial charge in [0.2, 0.25) is 10.0 Å². The minimum atomic E-state index is -3.61. The molecular formula is C11H13N3O2S2. The van der Waals surface area contributed by atoms with Crippen molar-refractivity contribution in [2.45, 2.75) is 11.3 Å². The van der Waals surface area contributed by atoms with Gasteiger partial charge in [-0.3, -0.25) is 0 Å². The molecule has 1 aromatic carbocycles. The predicted molar refractivity (Wildman–Crippen MR) is 72.1 cm³/mol. The van der Waals surface area contributed by atoms with Crippen molar-refractivity contribution in [1.82, 2.24) is 4.98 Å². The summed E-state index contributed by atoms with van der Waals surface area (Å²) in [4.78, 5) is 4.30. The molecule has 0 bridgehead atoms. The summed E-state index contributed by atoms with van der Waals surface area (Å²) in [6, 6.07) is 6.37. The zero-order chi connectivity index (χ0) is 13.0. The maximum atomic E-state index is 11.1. The molecule has 18 heavy (non-hydrogen) atoms. The quantitative estimate of drug-likeness (QED) is 0.869. The molecule has 0 saturated carbocycles. The van der Waals surface area contributed by atoms with E-state index in [0.717, 1.165) is 23.7 Å². The van der Waals surface area contributed by atoms with Crippen molar-refractivity contribution in [3.63, 3.8) is 0 Å². The second-order valence-corrected chi connectivity index (χ2v) is 6.21. The molecular weight excluding hydrogens is 270 g/mol. The van der Waals surface area contributed by atoms with Gasteiger partial charge in [-0.2, -0.15) is 0 Å². The number of nitrogens with two attached hydrogens (primary N) is 1. The number of sulfonamides is 1. The highest BCUT2D eigenvalue weighted by atomic mass is 32.2. The molecule has 0 aliphatic rings. The van der Waals surface area contributed by atoms with Gasteiger partial charge in [0, 0.05) is 30.2 Å². The number of hydrogen-bond acceptors (Lipinski definition) is 5. The second kappa shape index (κ2) is 5.47. The lowest BCUT2D eigenvalue weighted by atomic mass is 10.3. The minimum absolute atomic E-state index is 0.118. The van der Waals surface area contributed by atoms with Gasteiger partial charge >= 0.3 is 0 Å². The molecule has 0 spiro atoms. The van der Waals surface area contributed by atoms with Crippen molar-refractivity contribution in [3.8, 4) is 0 Å². The van der Waals surface area contributed by atoms with Gasteiger partial charge in [-0.15, -0.1) is 11.3 Å². The van der Waals surface area contributed by atoms with E-state index in [-0.39, 0.29) is 4.90 Å². The topological polar surface area (TPSA) is 85.1 Å². The minimum Gasteiger partial charge on any atom is -0.385 e. The highest BCUT2D eigenvalue weighted by molar-refractivity contribution is 7.89. The van der Waals surface area contributed by atoms with Crippen LogP contribution >= 0.6 is 11.3 Å². The number of nitrogens with zero attached hydrogens (tertiary/aromatic N) is 1. The molecule has 0 atom stereocenters. The summed E-state index contributed by atoms with van der Waals surface area (Å²) in [5, 5.41) is 11.2. The first-order valence-corrected chi connectivity index (χ1v) is 7.73. The van der Waals surface area contributed by atoms with Gasteiger partial charge in [-0.25, -0.2) is 18.5 Å². The third kappa shape index (κ3) is 3.52. The van der Waals surface area contributed by atoms with Crippen molar-refractivity contribution in [2.24, 2.45) is 5.14 Å². The van der Waals surface area contributed by atoms with E-state index in [0.29, 0.717) is 0 Å². The number of anilines is 1. The molecule has 1 aromatic heterocycles. The lowest BCUT2D eigenvalue weighted by molar-refractivity contribution is 0.598. The molecule has 2 rings (SSSR count). The van der Waals surface area contributed by atoms with Gasteiger partial charge in [0.1, 0.15) is 0 Å². The Kier molecular flexibility index (Phi) is 3.95. The van der Waals surface area contributed by atoms with Gasteiger partial charge in [0.25, 0.3) is 0 Å². The Morgan fingerprint density at radius 3 is 2.56 bits per heavy atom. The first-order chi connectivity index (χ1) is 8.55. The lowest BCUT2D eigenvalue weighted by Gasteiger charge is -2.05. The number of nitrogens with one attached hydrogen (secondary N) is 1. The summed E-state index contributed by atoms with van der Waals surface area (Å²) in [6.45, 7) is 0.752. The zero-order valence-electron chi connectivity index (χ0n) is 9.54. The largest absolute Gasteiger partial charge is 0.385 e. The van der Waals surface area contributed by atoms with Gasteiger partial charge in [-0.1, -0.05) is 0 Å². The monoisotopic (exact) mass is 283 g/mol. The fourth-order valence-corrected chi connectivity index (χ4v) is 2.59. The van der Waals surface area contributed by atoms with Crippen molar-refractivity contribution in [3.05, 3.63) is 40.8 Å². The van der Waals surface area contributed by atoms with Crippen LogP contribution in [0, 0.1) is 0 Å². The van der Waals surface area contributed by atoms with Crippen LogP contribution in [-0.2, 0) is 16.4 Å². The highest BCUT2D eigenvalue weighted by Gasteiger charge is 2.06. The molecule has 0 aliphatic carbocycles. The molecule has 0 radical (unpaired) electrons. The Morgan fingerprint density at radius 2 is 2.00 bits per heavy atom. The van der Waals surface area contributed by atoms with E-state index in [2.05, 4.69) is 10.3 Å². The summed E-state index contributed by atoms with van der Waals surface area (Å²) in [6.07, 6.45) is 2.62. The summed E-state index contributed by atoms with van der Waals surface area (Å²) in [5.41, 5.74) is 0.860. The van der Waals surface area contributed by atoms with Crippen LogP contribution in [0.2, 0.25) is 0 Å². The molecule has 3 N–H and O–H groups in total. The predicted octanol–water partition coefficient (Wildman–Crippen LogP) is 1.45. The first-order valence-electron chi connectivity index (χ1n) is 5.31. The molecule has 0 aliphatic heterocycles. The van der Waals surface area contributed by atoms with E-state index in [1.54, 1.807) is 29.7 Å². The Hall–Kier alpha value is -1.44. The van der Waals surface area contributed by atoms with Crippen molar-refractivity contribution in [2.75, 3.05) is 11.9 Å². The molecule has 0 saturated heterocycles. The SMILES string of the molecule is NS(=O)(=O)c1ccc(NCCc2nccs2)cc1. The number of thiazole rings is 1. The van der Waals surface area contributed by atoms with E-state index in [9.17, 15) is 8.42 Å². The van der Waals surface area contributed by atoms with Crippen LogP contribution < -0.4 is 10.5 Å². The Morgan fingerprint density at radius 1 is 1.28 bits per heavy atom. The molecule has 1 heterocycles. The third-order valence-corrected chi connectivity index (χ3v) is 4.10. The summed E-state index contributed by atoms with van der Waals surface area (Å²) >= 11 is 1.62. The fraction of sp³-hybridized carbons (Fsp3) is 0.182. The van der Waals surface area contributed by atoms with Gasteiger partial charge in [0.15, 0.2) is 0 Å². The fourth-order valence-electron chi connectivity index (χ4n) is 1.45. The van der Waals surface area contributed by atoms with Gasteiger partial charge in [0.05, 0.1) is 9.90 Å². The first kappa shape index (κ1) is 13.0. The summed E-state index contributed by atoms with van der Waals surface area (Å²) in [7, 11) is -3.61. The molecule has 0 unspecified atom stereocenters. The van der Waals surface area contributed by atoms with E-state index < -0.39 is 10.0 Å². The van der Waals surface area contributed by atoms with Crippen LogP contribution in [-0.4, -0.2) is 19.9 Å². The van der Waals surface area contributed by atoms with Gasteiger partial charge < -0.3 is 5.32 Å². The molecule has 96 valence electrons. The molecule has 0 amide bonds. The Labute approximate surface area is 110 Å². The highest BCUT2D eigenvalue weighted by Crippen LogP contribution is 2.13. The van der Waals surface area contributed by atoms with Crippen LogP contribution in [0.15, 0.2) is 40.7 Å². The normalized spacial score (nSPS) is 11.4. The average Bonchev–Trinajstić information content (AvgIpc) is 2.82. The number of primary sulfonamides is 1. The molecule has 5 nitrogen and oxygen atoms in total. The zero-order valence-corrected chi connectivity index (χ0v) is 11.2. The van der Waals surface area contributed by atoms with Crippen LogP contribution in [0.1, 0.15) is 5.01 Å². The van der Waals surface area contributed by atoms with Crippen LogP contribution in [0.5, 0.6) is 0 Å². The smallest absolute Gasteiger partial charge is 0.238 e. The van der Waals surface area contributed by atoms with Crippen molar-refractivity contribution in [1.29, 1.82) is 0 Å². The van der Waals surface area contributed by atoms with Crippen LogP contribution in [0.3, 0.4) is 0 Å². The van der Waals surface area contributed by atoms with E-state index in [1.165, 1.54) is 12.1 Å². The van der Waals surface area contributed by atoms with Gasteiger partial charge in [-0.05, 0) is 24.3 Å². The molecule has 2 aromatic rings. The number of aromatic nitrogens is 1. The van der Waals surface area contributed by atoms with Crippen molar-refractivity contribution >= 4 is 27.0 Å². The van der Waals surface area contributed by atoms with Crippen LogP contribution in [0.25, 0.3) is 0 Å². The van der Waals surface area contributed by atoms with E-state index in [4.69, 9.17) is 5.14 Å². The van der Waals surface area contributed by atoms with Crippen LogP contribution in [0.4, 0.5) is 5.69 Å². The maximum absolute atomic E-state index is 11.1. The number of rotatable bonds is 5. The second-order valence-electron chi connectivity index (χ2n) is 3.67. The summed E-state index contributed by atoms with van der Waals surface area (Å²) in [5.74, 6) is 0. The number of benzene rings is 1. The third-order valence-electron chi connectivity index (χ3n) is 2.33. The standard InChI is InChI=1S/C11H13N3O2S2/c12-18(15,16)10-3-1-9(2-4-10)13-6-5-11-14-7-8-17-11/h1-4,7-8,13H,5-6H2,(H2,12,15,16). The Bertz CT molecular complexity index is 592. The molecule has 7 heteroatoms. The van der Waals surface area contributed by atoms with Crippen molar-refractivity contribution < 1.29 is 8.42 Å². The number of hydrogen-bond donors (Lipinski definition) is 2. The Balaban J connectivity index is 1.91. The average molecular weight is 283 g/mol. The van der Waals surface area contributed by atoms with E-state index >= 15 is 0 Å².